The van der Waals surface area contributed by atoms with Crippen molar-refractivity contribution >= 4 is 11.2 Å². The second-order valence-corrected chi connectivity index (χ2v) is 6.34. The van der Waals surface area contributed by atoms with Gasteiger partial charge in [0.15, 0.2) is 22.9 Å². The van der Waals surface area contributed by atoms with E-state index in [9.17, 15) is 19.7 Å². The average molecular weight is 391 g/mol. The predicted molar refractivity (Wildman–Crippen MR) is 91.1 cm³/mol. The first-order valence-corrected chi connectivity index (χ1v) is 8.49. The summed E-state index contributed by atoms with van der Waals surface area (Å²) in [6, 6.07) is 6.13. The van der Waals surface area contributed by atoms with Crippen molar-refractivity contribution < 1.29 is 29.3 Å². The van der Waals surface area contributed by atoms with Gasteiger partial charge < -0.3 is 24.9 Å². The Morgan fingerprint density at radius 3 is 2.68 bits per heavy atom. The summed E-state index contributed by atoms with van der Waals surface area (Å²) in [5.74, 6) is -0.419. The van der Waals surface area contributed by atoms with Crippen molar-refractivity contribution in [2.24, 2.45) is 0 Å². The van der Waals surface area contributed by atoms with Crippen LogP contribution in [-0.2, 0) is 11.3 Å². The summed E-state index contributed by atoms with van der Waals surface area (Å²) < 4.78 is 21.6. The van der Waals surface area contributed by atoms with Crippen molar-refractivity contribution in [1.82, 2.24) is 19.3 Å². The van der Waals surface area contributed by atoms with Crippen LogP contribution in [0.4, 0.5) is 4.39 Å². The Kier molecular flexibility index (Phi) is 4.81. The number of hydrogen-bond donors (Lipinski definition) is 4. The Bertz CT molecular complexity index is 1050. The molecule has 148 valence electrons. The zero-order valence-electron chi connectivity index (χ0n) is 14.5. The second-order valence-electron chi connectivity index (χ2n) is 6.34. The third-order valence-electron chi connectivity index (χ3n) is 4.61. The summed E-state index contributed by atoms with van der Waals surface area (Å²) in [6.07, 6.45) is -1.97. The molecule has 11 heteroatoms. The van der Waals surface area contributed by atoms with Crippen LogP contribution >= 0.6 is 0 Å². The fourth-order valence-electron chi connectivity index (χ4n) is 3.07. The minimum Gasteiger partial charge on any atom is -0.406 e. The summed E-state index contributed by atoms with van der Waals surface area (Å²) in [4.78, 5) is 13.7. The average Bonchev–Trinajstić information content (AvgIpc) is 3.24. The number of halogens is 1. The number of nitrogens with one attached hydrogen (secondary N) is 1. The zero-order chi connectivity index (χ0) is 19.8. The van der Waals surface area contributed by atoms with Crippen molar-refractivity contribution in [3.63, 3.8) is 0 Å². The van der Waals surface area contributed by atoms with Gasteiger partial charge in [0.25, 0.3) is 0 Å². The molecule has 3 heterocycles. The lowest BCUT2D eigenvalue weighted by atomic mass is 10.1. The number of nitrogens with zero attached hydrogens (tertiary/aromatic N) is 4. The lowest BCUT2D eigenvalue weighted by Crippen LogP contribution is -2.33. The minimum atomic E-state index is -1.30. The molecule has 0 saturated carbocycles. The highest BCUT2D eigenvalue weighted by molar-refractivity contribution is 5.68. The van der Waals surface area contributed by atoms with Crippen LogP contribution < -0.4 is 10.3 Å². The number of rotatable bonds is 5. The molecule has 0 unspecified atom stereocenters. The van der Waals surface area contributed by atoms with Crippen molar-refractivity contribution in [3.05, 3.63) is 53.8 Å². The van der Waals surface area contributed by atoms with Crippen molar-refractivity contribution in [2.45, 2.75) is 31.1 Å². The Hall–Kier alpha value is -2.86. The number of aromatic nitrogens is 4. The lowest BCUT2D eigenvalue weighted by Gasteiger charge is -2.16. The molecule has 4 N–H and O–H groups in total. The molecule has 28 heavy (non-hydrogen) atoms. The van der Waals surface area contributed by atoms with Gasteiger partial charge in [0.2, 0.25) is 0 Å². The van der Waals surface area contributed by atoms with E-state index in [4.69, 9.17) is 15.0 Å². The van der Waals surface area contributed by atoms with Gasteiger partial charge in [0, 0.05) is 5.56 Å². The molecule has 4 atom stereocenters. The Balaban J connectivity index is 1.61. The lowest BCUT2D eigenvalue weighted by molar-refractivity contribution is -0.0511. The summed E-state index contributed by atoms with van der Waals surface area (Å²) >= 11 is 0. The summed E-state index contributed by atoms with van der Waals surface area (Å²) in [7, 11) is 0. The molecule has 0 spiro atoms. The molecule has 4 rings (SSSR count). The number of ether oxygens (including phenoxy) is 1. The van der Waals surface area contributed by atoms with E-state index in [1.54, 1.807) is 18.2 Å². The Morgan fingerprint density at radius 1 is 1.18 bits per heavy atom. The molecular weight excluding hydrogens is 373 g/mol. The molecule has 1 aliphatic rings. The van der Waals surface area contributed by atoms with Crippen LogP contribution in [0.15, 0.2) is 36.9 Å². The summed E-state index contributed by atoms with van der Waals surface area (Å²) in [5, 5.41) is 37.6. The van der Waals surface area contributed by atoms with Gasteiger partial charge in [-0.1, -0.05) is 18.2 Å². The number of imidazole rings is 1. The highest BCUT2D eigenvalue weighted by Crippen LogP contribution is 2.30. The highest BCUT2D eigenvalue weighted by Gasteiger charge is 2.44. The van der Waals surface area contributed by atoms with E-state index in [2.05, 4.69) is 9.97 Å². The van der Waals surface area contributed by atoms with Crippen molar-refractivity contribution in [1.29, 1.82) is 5.41 Å². The van der Waals surface area contributed by atoms with E-state index in [1.807, 2.05) is 0 Å². The Labute approximate surface area is 157 Å². The largest absolute Gasteiger partial charge is 0.406 e. The van der Waals surface area contributed by atoms with E-state index in [0.717, 1.165) is 4.73 Å². The molecule has 1 aliphatic heterocycles. The van der Waals surface area contributed by atoms with E-state index in [-0.39, 0.29) is 23.3 Å². The molecule has 0 bridgehead atoms. The molecular formula is C17H18FN5O5. The van der Waals surface area contributed by atoms with Gasteiger partial charge in [0.1, 0.15) is 37.1 Å². The van der Waals surface area contributed by atoms with Crippen LogP contribution in [0.3, 0.4) is 0 Å². The van der Waals surface area contributed by atoms with Gasteiger partial charge in [-0.15, -0.1) is 0 Å². The third kappa shape index (κ3) is 3.03. The molecule has 3 aromatic rings. The number of fused-ring (bicyclic) bond motifs is 1. The standard InChI is InChI=1S/C17H18FN5O5/c18-10-4-2-1-3-9(10)6-27-23-8-21-16-12(15(23)19)20-7-22(16)17-14(26)13(25)11(5-24)28-17/h1-4,7-8,11,13-14,17,19,24-26H,5-6H2/t11-,13-,14-,17-/m1/s1. The molecule has 0 amide bonds. The van der Waals surface area contributed by atoms with Gasteiger partial charge in [0.05, 0.1) is 12.9 Å². The Morgan fingerprint density at radius 2 is 1.96 bits per heavy atom. The normalized spacial score (nSPS) is 24.7. The molecule has 2 aromatic heterocycles. The monoisotopic (exact) mass is 391 g/mol. The van der Waals surface area contributed by atoms with Crippen LogP contribution in [0.2, 0.25) is 0 Å². The van der Waals surface area contributed by atoms with Crippen LogP contribution in [0.5, 0.6) is 0 Å². The van der Waals surface area contributed by atoms with Gasteiger partial charge in [-0.25, -0.2) is 14.4 Å². The predicted octanol–water partition coefficient (Wildman–Crippen LogP) is -0.908. The van der Waals surface area contributed by atoms with Gasteiger partial charge in [-0.05, 0) is 6.07 Å². The highest BCUT2D eigenvalue weighted by atomic mass is 19.1. The SMILES string of the molecule is N=c1c2ncn([C@@H]3O[C@H](CO)[C@@H](O)[C@H]3O)c2ncn1OCc1ccccc1F. The third-order valence-corrected chi connectivity index (χ3v) is 4.61. The molecule has 1 aromatic carbocycles. The molecule has 0 radical (unpaired) electrons. The smallest absolute Gasteiger partial charge is 0.192 e. The summed E-state index contributed by atoms with van der Waals surface area (Å²) in [5.41, 5.74) is 0.581. The van der Waals surface area contributed by atoms with E-state index in [0.29, 0.717) is 5.56 Å². The number of hydrogen-bond acceptors (Lipinski definition) is 8. The van der Waals surface area contributed by atoms with Crippen LogP contribution in [0.1, 0.15) is 11.8 Å². The zero-order valence-corrected chi connectivity index (χ0v) is 14.5. The topological polar surface area (TPSA) is 139 Å². The van der Waals surface area contributed by atoms with Gasteiger partial charge in [-0.2, -0.15) is 4.73 Å². The molecule has 1 fully saturated rings. The van der Waals surface area contributed by atoms with E-state index >= 15 is 0 Å². The van der Waals surface area contributed by atoms with E-state index < -0.39 is 37.0 Å². The van der Waals surface area contributed by atoms with Gasteiger partial charge >= 0.3 is 0 Å². The maximum absolute atomic E-state index is 13.7. The number of aliphatic hydroxyl groups is 3. The van der Waals surface area contributed by atoms with Crippen LogP contribution in [0.25, 0.3) is 11.2 Å². The minimum absolute atomic E-state index is 0.105. The second kappa shape index (κ2) is 7.28. The molecule has 1 saturated heterocycles. The maximum Gasteiger partial charge on any atom is 0.192 e. The first kappa shape index (κ1) is 18.5. The number of benzene rings is 1. The van der Waals surface area contributed by atoms with Crippen LogP contribution in [-0.4, -0.2) is 59.5 Å². The number of aliphatic hydroxyl groups excluding tert-OH is 3. The van der Waals surface area contributed by atoms with E-state index in [1.165, 1.54) is 23.3 Å². The molecule has 10 nitrogen and oxygen atoms in total. The van der Waals surface area contributed by atoms with Crippen molar-refractivity contribution in [3.8, 4) is 0 Å². The quantitative estimate of drug-likeness (QED) is 0.442. The fourth-order valence-corrected chi connectivity index (χ4v) is 3.07. The van der Waals surface area contributed by atoms with Crippen LogP contribution in [0, 0.1) is 11.2 Å². The summed E-state index contributed by atoms with van der Waals surface area (Å²) in [6.45, 7) is -0.561. The fraction of sp³-hybridized carbons (Fsp3) is 0.353. The first-order valence-electron chi connectivity index (χ1n) is 8.49. The molecule has 0 aliphatic carbocycles. The maximum atomic E-state index is 13.7. The van der Waals surface area contributed by atoms with Gasteiger partial charge in [-0.3, -0.25) is 9.98 Å². The first-order chi connectivity index (χ1) is 13.5. The van der Waals surface area contributed by atoms with Crippen molar-refractivity contribution in [2.75, 3.05) is 6.61 Å².